The molecule has 1 heterocycles. The van der Waals surface area contributed by atoms with Crippen molar-refractivity contribution in [1.29, 1.82) is 0 Å². The van der Waals surface area contributed by atoms with Gasteiger partial charge in [-0.05, 0) is 32.9 Å². The Labute approximate surface area is 142 Å². The molecule has 0 radical (unpaired) electrons. The number of rotatable bonds is 8. The van der Waals surface area contributed by atoms with Gasteiger partial charge in [-0.25, -0.2) is 0 Å². The highest BCUT2D eigenvalue weighted by atomic mass is 16.7. The van der Waals surface area contributed by atoms with Crippen molar-refractivity contribution in [3.8, 4) is 5.69 Å². The standard InChI is InChI=1S/C17H24N4O3/c1-5-20(14(3)11-24-12-23-4)17(22)15-10-13(2)6-7-16(15)21-18-8-9-19-21/h6-10,14H,5,11-12H2,1-4H3/t14-/m0/s1. The number of likely N-dealkylation sites (N-methyl/N-ethyl adjacent to an activating group) is 1. The van der Waals surface area contributed by atoms with Crippen LogP contribution in [-0.4, -0.2) is 58.9 Å². The zero-order chi connectivity index (χ0) is 17.5. The lowest BCUT2D eigenvalue weighted by Crippen LogP contribution is -2.41. The Balaban J connectivity index is 2.28. The van der Waals surface area contributed by atoms with Crippen LogP contribution in [0.3, 0.4) is 0 Å². The largest absolute Gasteiger partial charge is 0.359 e. The van der Waals surface area contributed by atoms with E-state index < -0.39 is 0 Å². The van der Waals surface area contributed by atoms with E-state index >= 15 is 0 Å². The number of hydrogen-bond donors (Lipinski definition) is 0. The molecule has 0 bridgehead atoms. The molecule has 1 amide bonds. The van der Waals surface area contributed by atoms with Gasteiger partial charge in [0.2, 0.25) is 0 Å². The summed E-state index contributed by atoms with van der Waals surface area (Å²) in [4.78, 5) is 16.3. The van der Waals surface area contributed by atoms with Crippen LogP contribution in [0.25, 0.3) is 5.69 Å². The van der Waals surface area contributed by atoms with Crippen LogP contribution in [0.5, 0.6) is 0 Å². The summed E-state index contributed by atoms with van der Waals surface area (Å²) in [6.07, 6.45) is 3.18. The molecule has 7 heteroatoms. The van der Waals surface area contributed by atoms with Crippen molar-refractivity contribution >= 4 is 5.91 Å². The predicted molar refractivity (Wildman–Crippen MR) is 90.1 cm³/mol. The molecule has 0 saturated heterocycles. The van der Waals surface area contributed by atoms with Gasteiger partial charge in [-0.2, -0.15) is 15.0 Å². The number of carbonyl (C=O) groups excluding carboxylic acids is 1. The van der Waals surface area contributed by atoms with E-state index in [9.17, 15) is 4.79 Å². The summed E-state index contributed by atoms with van der Waals surface area (Å²) in [6.45, 7) is 7.07. The van der Waals surface area contributed by atoms with Gasteiger partial charge in [-0.1, -0.05) is 11.6 Å². The summed E-state index contributed by atoms with van der Waals surface area (Å²) in [5, 5.41) is 8.29. The Bertz CT molecular complexity index is 658. The molecule has 1 aromatic carbocycles. The minimum absolute atomic E-state index is 0.0676. The molecule has 24 heavy (non-hydrogen) atoms. The van der Waals surface area contributed by atoms with E-state index in [1.165, 1.54) is 4.80 Å². The molecule has 0 spiro atoms. The summed E-state index contributed by atoms with van der Waals surface area (Å²) in [7, 11) is 1.57. The third-order valence-electron chi connectivity index (χ3n) is 3.71. The van der Waals surface area contributed by atoms with Crippen molar-refractivity contribution < 1.29 is 14.3 Å². The summed E-state index contributed by atoms with van der Waals surface area (Å²) >= 11 is 0. The molecular weight excluding hydrogens is 308 g/mol. The van der Waals surface area contributed by atoms with Crippen LogP contribution in [0.2, 0.25) is 0 Å². The van der Waals surface area contributed by atoms with Crippen LogP contribution in [0.15, 0.2) is 30.6 Å². The molecule has 130 valence electrons. The van der Waals surface area contributed by atoms with Gasteiger partial charge in [0.15, 0.2) is 0 Å². The highest BCUT2D eigenvalue weighted by molar-refractivity contribution is 5.98. The molecule has 0 aliphatic carbocycles. The first kappa shape index (κ1) is 18.1. The summed E-state index contributed by atoms with van der Waals surface area (Å²) in [5.74, 6) is -0.0676. The lowest BCUT2D eigenvalue weighted by atomic mass is 10.1. The van der Waals surface area contributed by atoms with Gasteiger partial charge in [0.05, 0.1) is 36.3 Å². The predicted octanol–water partition coefficient (Wildman–Crippen LogP) is 2.05. The second kappa shape index (κ2) is 8.56. The highest BCUT2D eigenvalue weighted by Gasteiger charge is 2.23. The van der Waals surface area contributed by atoms with Gasteiger partial charge in [0.25, 0.3) is 5.91 Å². The molecule has 0 aliphatic rings. The fourth-order valence-electron chi connectivity index (χ4n) is 2.54. The Hall–Kier alpha value is -2.25. The molecular formula is C17H24N4O3. The lowest BCUT2D eigenvalue weighted by molar-refractivity contribution is -0.0462. The first-order valence-corrected chi connectivity index (χ1v) is 7.93. The van der Waals surface area contributed by atoms with Gasteiger partial charge >= 0.3 is 0 Å². The van der Waals surface area contributed by atoms with Crippen LogP contribution in [0, 0.1) is 6.92 Å². The Morgan fingerprint density at radius 3 is 2.67 bits per heavy atom. The topological polar surface area (TPSA) is 69.5 Å². The van der Waals surface area contributed by atoms with Crippen LogP contribution < -0.4 is 0 Å². The van der Waals surface area contributed by atoms with Gasteiger partial charge < -0.3 is 14.4 Å². The van der Waals surface area contributed by atoms with Gasteiger partial charge in [0.1, 0.15) is 6.79 Å². The van der Waals surface area contributed by atoms with Crippen molar-refractivity contribution in [3.63, 3.8) is 0 Å². The molecule has 0 saturated carbocycles. The lowest BCUT2D eigenvalue weighted by Gasteiger charge is -2.28. The van der Waals surface area contributed by atoms with Crippen LogP contribution >= 0.6 is 0 Å². The quantitative estimate of drug-likeness (QED) is 0.546. The maximum Gasteiger partial charge on any atom is 0.256 e. The second-order valence-electron chi connectivity index (χ2n) is 5.56. The fourth-order valence-corrected chi connectivity index (χ4v) is 2.54. The summed E-state index contributed by atoms with van der Waals surface area (Å²) in [6, 6.07) is 5.60. The van der Waals surface area contributed by atoms with Crippen LogP contribution in [0.4, 0.5) is 0 Å². The summed E-state index contributed by atoms with van der Waals surface area (Å²) in [5.41, 5.74) is 2.25. The van der Waals surface area contributed by atoms with E-state index in [1.807, 2.05) is 39.0 Å². The Morgan fingerprint density at radius 2 is 2.04 bits per heavy atom. The van der Waals surface area contributed by atoms with E-state index in [-0.39, 0.29) is 18.7 Å². The van der Waals surface area contributed by atoms with Gasteiger partial charge in [-0.3, -0.25) is 4.79 Å². The molecule has 0 N–H and O–H groups in total. The number of carbonyl (C=O) groups is 1. The number of benzene rings is 1. The molecule has 2 rings (SSSR count). The average Bonchev–Trinajstić information content (AvgIpc) is 3.10. The number of amides is 1. The van der Waals surface area contributed by atoms with Gasteiger partial charge in [-0.15, -0.1) is 0 Å². The number of aryl methyl sites for hydroxylation is 1. The van der Waals surface area contributed by atoms with Crippen LogP contribution in [-0.2, 0) is 9.47 Å². The monoisotopic (exact) mass is 332 g/mol. The first-order chi connectivity index (χ1) is 11.6. The van der Waals surface area contributed by atoms with Crippen molar-refractivity contribution in [3.05, 3.63) is 41.7 Å². The molecule has 1 aromatic heterocycles. The Morgan fingerprint density at radius 1 is 1.33 bits per heavy atom. The number of methoxy groups -OCH3 is 1. The van der Waals surface area contributed by atoms with Crippen LogP contribution in [0.1, 0.15) is 29.8 Å². The molecule has 1 atom stereocenters. The minimum atomic E-state index is -0.0726. The fraction of sp³-hybridized carbons (Fsp3) is 0.471. The number of hydrogen-bond acceptors (Lipinski definition) is 5. The van der Waals surface area contributed by atoms with Crippen molar-refractivity contribution in [1.82, 2.24) is 19.9 Å². The third-order valence-corrected chi connectivity index (χ3v) is 3.71. The molecule has 0 unspecified atom stereocenters. The normalized spacial score (nSPS) is 12.2. The van der Waals surface area contributed by atoms with E-state index in [0.717, 1.165) is 5.56 Å². The maximum absolute atomic E-state index is 13.1. The van der Waals surface area contributed by atoms with E-state index in [2.05, 4.69) is 10.2 Å². The number of ether oxygens (including phenoxy) is 2. The molecule has 2 aromatic rings. The summed E-state index contributed by atoms with van der Waals surface area (Å²) < 4.78 is 10.3. The van der Waals surface area contributed by atoms with Crippen molar-refractivity contribution in [2.75, 3.05) is 27.1 Å². The Kier molecular flexibility index (Phi) is 6.45. The van der Waals surface area contributed by atoms with Crippen molar-refractivity contribution in [2.24, 2.45) is 0 Å². The second-order valence-corrected chi connectivity index (χ2v) is 5.56. The van der Waals surface area contributed by atoms with Crippen molar-refractivity contribution in [2.45, 2.75) is 26.8 Å². The molecule has 0 fully saturated rings. The maximum atomic E-state index is 13.1. The number of aromatic nitrogens is 3. The molecule has 7 nitrogen and oxygen atoms in total. The highest BCUT2D eigenvalue weighted by Crippen LogP contribution is 2.18. The van der Waals surface area contributed by atoms with Gasteiger partial charge in [0, 0.05) is 13.7 Å². The minimum Gasteiger partial charge on any atom is -0.359 e. The number of nitrogens with zero attached hydrogens (tertiary/aromatic N) is 4. The zero-order valence-electron chi connectivity index (χ0n) is 14.6. The zero-order valence-corrected chi connectivity index (χ0v) is 14.6. The van der Waals surface area contributed by atoms with E-state index in [0.29, 0.717) is 24.4 Å². The third kappa shape index (κ3) is 4.18. The molecule has 0 aliphatic heterocycles. The SMILES string of the molecule is CCN(C(=O)c1cc(C)ccc1-n1nccn1)[C@@H](C)COCOC. The van der Waals surface area contributed by atoms with E-state index in [4.69, 9.17) is 9.47 Å². The van der Waals surface area contributed by atoms with E-state index in [1.54, 1.807) is 24.4 Å². The first-order valence-electron chi connectivity index (χ1n) is 7.93. The smallest absolute Gasteiger partial charge is 0.256 e. The average molecular weight is 332 g/mol.